The van der Waals surface area contributed by atoms with Gasteiger partial charge >= 0.3 is 0 Å². The Morgan fingerprint density at radius 3 is 2.84 bits per heavy atom. The zero-order valence-electron chi connectivity index (χ0n) is 11.0. The summed E-state index contributed by atoms with van der Waals surface area (Å²) in [7, 11) is 1.69. The summed E-state index contributed by atoms with van der Waals surface area (Å²) in [5.74, 6) is 2.34. The first-order chi connectivity index (χ1) is 9.40. The van der Waals surface area contributed by atoms with Crippen molar-refractivity contribution in [2.75, 3.05) is 20.2 Å². The molecular formula is C14H18N4O. The Bertz CT molecular complexity index is 546. The minimum Gasteiger partial charge on any atom is -0.495 e. The van der Waals surface area contributed by atoms with Crippen LogP contribution >= 0.6 is 0 Å². The molecule has 1 aromatic carbocycles. The molecule has 1 N–H and O–H groups in total. The molecule has 1 fully saturated rings. The summed E-state index contributed by atoms with van der Waals surface area (Å²) in [5.41, 5.74) is 1.00. The van der Waals surface area contributed by atoms with Gasteiger partial charge < -0.3 is 10.1 Å². The second-order valence-electron chi connectivity index (χ2n) is 4.76. The predicted octanol–water partition coefficient (Wildman–Crippen LogP) is 1.74. The molecule has 1 aliphatic rings. The van der Waals surface area contributed by atoms with E-state index in [1.807, 2.05) is 24.3 Å². The zero-order valence-corrected chi connectivity index (χ0v) is 11.0. The van der Waals surface area contributed by atoms with E-state index >= 15 is 0 Å². The van der Waals surface area contributed by atoms with Gasteiger partial charge in [-0.2, -0.15) is 0 Å². The standard InChI is InChI=1S/C14H18N4O/c1-19-13-5-3-2-4-12(13)18-10-16-17-14(18)11-6-8-15-9-7-11/h2-5,10-11,15H,6-9H2,1H3. The molecule has 1 aromatic heterocycles. The van der Waals surface area contributed by atoms with Gasteiger partial charge in [0.25, 0.3) is 0 Å². The zero-order chi connectivity index (χ0) is 13.1. The summed E-state index contributed by atoms with van der Waals surface area (Å²) in [5, 5.41) is 11.8. The van der Waals surface area contributed by atoms with Crippen LogP contribution in [0.4, 0.5) is 0 Å². The van der Waals surface area contributed by atoms with Crippen LogP contribution in [0.3, 0.4) is 0 Å². The van der Waals surface area contributed by atoms with E-state index in [-0.39, 0.29) is 0 Å². The van der Waals surface area contributed by atoms with Crippen LogP contribution in [-0.4, -0.2) is 35.0 Å². The normalized spacial score (nSPS) is 16.5. The molecule has 2 heterocycles. The second-order valence-corrected chi connectivity index (χ2v) is 4.76. The Kier molecular flexibility index (Phi) is 3.46. The van der Waals surface area contributed by atoms with Crippen molar-refractivity contribution in [2.45, 2.75) is 18.8 Å². The van der Waals surface area contributed by atoms with E-state index in [9.17, 15) is 0 Å². The lowest BCUT2D eigenvalue weighted by Gasteiger charge is -2.22. The fourth-order valence-corrected chi connectivity index (χ4v) is 2.62. The van der Waals surface area contributed by atoms with Crippen molar-refractivity contribution in [3.63, 3.8) is 0 Å². The van der Waals surface area contributed by atoms with Crippen molar-refractivity contribution < 1.29 is 4.74 Å². The molecule has 0 unspecified atom stereocenters. The van der Waals surface area contributed by atoms with Crippen LogP contribution in [0.1, 0.15) is 24.6 Å². The molecule has 0 atom stereocenters. The summed E-state index contributed by atoms with van der Waals surface area (Å²) in [6.07, 6.45) is 3.98. The Labute approximate surface area is 112 Å². The highest BCUT2D eigenvalue weighted by Crippen LogP contribution is 2.29. The second kappa shape index (κ2) is 5.40. The molecule has 19 heavy (non-hydrogen) atoms. The largest absolute Gasteiger partial charge is 0.495 e. The smallest absolute Gasteiger partial charge is 0.142 e. The number of methoxy groups -OCH3 is 1. The average Bonchev–Trinajstić information content (AvgIpc) is 2.97. The first kappa shape index (κ1) is 12.2. The van der Waals surface area contributed by atoms with Crippen LogP contribution in [0.5, 0.6) is 5.75 Å². The van der Waals surface area contributed by atoms with Crippen molar-refractivity contribution in [1.82, 2.24) is 20.1 Å². The SMILES string of the molecule is COc1ccccc1-n1cnnc1C1CCNCC1. The highest BCUT2D eigenvalue weighted by Gasteiger charge is 2.22. The van der Waals surface area contributed by atoms with Crippen LogP contribution < -0.4 is 10.1 Å². The van der Waals surface area contributed by atoms with Crippen molar-refractivity contribution >= 4 is 0 Å². The maximum Gasteiger partial charge on any atom is 0.142 e. The summed E-state index contributed by atoms with van der Waals surface area (Å²) in [6.45, 7) is 2.09. The molecule has 5 heteroatoms. The van der Waals surface area contributed by atoms with Crippen LogP contribution in [0.25, 0.3) is 5.69 Å². The first-order valence-electron chi connectivity index (χ1n) is 6.64. The average molecular weight is 258 g/mol. The number of hydrogen-bond donors (Lipinski definition) is 1. The van der Waals surface area contributed by atoms with E-state index in [0.717, 1.165) is 43.2 Å². The van der Waals surface area contributed by atoms with Crippen LogP contribution in [0.2, 0.25) is 0 Å². The third kappa shape index (κ3) is 2.33. The maximum atomic E-state index is 5.42. The van der Waals surface area contributed by atoms with E-state index in [1.165, 1.54) is 0 Å². The van der Waals surface area contributed by atoms with E-state index in [1.54, 1.807) is 13.4 Å². The van der Waals surface area contributed by atoms with Crippen LogP contribution in [-0.2, 0) is 0 Å². The monoisotopic (exact) mass is 258 g/mol. The molecule has 0 aliphatic carbocycles. The highest BCUT2D eigenvalue weighted by atomic mass is 16.5. The van der Waals surface area contributed by atoms with Gasteiger partial charge in [-0.15, -0.1) is 10.2 Å². The first-order valence-corrected chi connectivity index (χ1v) is 6.64. The Hall–Kier alpha value is -1.88. The molecule has 1 saturated heterocycles. The third-order valence-electron chi connectivity index (χ3n) is 3.62. The number of ether oxygens (including phenoxy) is 1. The highest BCUT2D eigenvalue weighted by molar-refractivity contribution is 5.47. The van der Waals surface area contributed by atoms with Gasteiger partial charge in [0.1, 0.15) is 17.9 Å². The summed E-state index contributed by atoms with van der Waals surface area (Å²) >= 11 is 0. The van der Waals surface area contributed by atoms with E-state index in [2.05, 4.69) is 20.1 Å². The van der Waals surface area contributed by atoms with E-state index < -0.39 is 0 Å². The Balaban J connectivity index is 1.99. The molecule has 0 bridgehead atoms. The number of benzene rings is 1. The quantitative estimate of drug-likeness (QED) is 0.911. The van der Waals surface area contributed by atoms with Crippen LogP contribution in [0.15, 0.2) is 30.6 Å². The lowest BCUT2D eigenvalue weighted by molar-refractivity contribution is 0.409. The number of aromatic nitrogens is 3. The van der Waals surface area contributed by atoms with Gasteiger partial charge in [-0.3, -0.25) is 4.57 Å². The summed E-state index contributed by atoms with van der Waals surface area (Å²) in [6, 6.07) is 7.97. The molecule has 5 nitrogen and oxygen atoms in total. The summed E-state index contributed by atoms with van der Waals surface area (Å²) < 4.78 is 7.47. The Morgan fingerprint density at radius 1 is 1.26 bits per heavy atom. The molecule has 0 saturated carbocycles. The third-order valence-corrected chi connectivity index (χ3v) is 3.62. The molecule has 0 amide bonds. The maximum absolute atomic E-state index is 5.42. The number of nitrogens with zero attached hydrogens (tertiary/aromatic N) is 3. The number of para-hydroxylation sites is 2. The molecule has 0 spiro atoms. The van der Waals surface area contributed by atoms with Gasteiger partial charge in [-0.05, 0) is 38.1 Å². The van der Waals surface area contributed by atoms with E-state index in [4.69, 9.17) is 4.74 Å². The number of hydrogen-bond acceptors (Lipinski definition) is 4. The topological polar surface area (TPSA) is 52.0 Å². The molecule has 2 aromatic rings. The molecular weight excluding hydrogens is 240 g/mol. The van der Waals surface area contributed by atoms with Crippen LogP contribution in [0, 0.1) is 0 Å². The van der Waals surface area contributed by atoms with Crippen molar-refractivity contribution in [2.24, 2.45) is 0 Å². The molecule has 100 valence electrons. The number of nitrogens with one attached hydrogen (secondary N) is 1. The van der Waals surface area contributed by atoms with Gasteiger partial charge in [0.2, 0.25) is 0 Å². The minimum atomic E-state index is 0.466. The van der Waals surface area contributed by atoms with E-state index in [0.29, 0.717) is 5.92 Å². The van der Waals surface area contributed by atoms with Gasteiger partial charge in [-0.25, -0.2) is 0 Å². The van der Waals surface area contributed by atoms with Gasteiger partial charge in [0.05, 0.1) is 12.8 Å². The fourth-order valence-electron chi connectivity index (χ4n) is 2.62. The van der Waals surface area contributed by atoms with Gasteiger partial charge in [0, 0.05) is 5.92 Å². The lowest BCUT2D eigenvalue weighted by Crippen LogP contribution is -2.28. The molecule has 0 radical (unpaired) electrons. The molecule has 3 rings (SSSR count). The van der Waals surface area contributed by atoms with Crippen molar-refractivity contribution in [3.05, 3.63) is 36.4 Å². The predicted molar refractivity (Wildman–Crippen MR) is 72.8 cm³/mol. The van der Waals surface area contributed by atoms with Gasteiger partial charge in [0.15, 0.2) is 0 Å². The Morgan fingerprint density at radius 2 is 2.05 bits per heavy atom. The minimum absolute atomic E-state index is 0.466. The van der Waals surface area contributed by atoms with Gasteiger partial charge in [-0.1, -0.05) is 12.1 Å². The lowest BCUT2D eigenvalue weighted by atomic mass is 9.97. The fraction of sp³-hybridized carbons (Fsp3) is 0.429. The van der Waals surface area contributed by atoms with Crippen molar-refractivity contribution in [1.29, 1.82) is 0 Å². The number of piperidine rings is 1. The molecule has 1 aliphatic heterocycles. The van der Waals surface area contributed by atoms with Crippen molar-refractivity contribution in [3.8, 4) is 11.4 Å². The summed E-state index contributed by atoms with van der Waals surface area (Å²) in [4.78, 5) is 0. The number of rotatable bonds is 3.